The smallest absolute Gasteiger partial charge is 0.255 e. The van der Waals surface area contributed by atoms with Gasteiger partial charge < -0.3 is 25.2 Å². The highest BCUT2D eigenvalue weighted by atomic mass is 32.2. The third kappa shape index (κ3) is 9.32. The molecule has 2 heterocycles. The number of fused-ring (bicyclic) bond motifs is 1. The summed E-state index contributed by atoms with van der Waals surface area (Å²) >= 11 is 1.68. The molecule has 2 aliphatic heterocycles. The van der Waals surface area contributed by atoms with Crippen LogP contribution in [0.1, 0.15) is 84.5 Å². The van der Waals surface area contributed by atoms with Gasteiger partial charge >= 0.3 is 0 Å². The van der Waals surface area contributed by atoms with Crippen LogP contribution in [0.25, 0.3) is 11.1 Å². The Hall–Kier alpha value is -5.55. The average Bonchev–Trinajstić information content (AvgIpc) is 3.51. The molecule has 4 aromatic rings. The van der Waals surface area contributed by atoms with Crippen molar-refractivity contribution < 1.29 is 34.1 Å². The fraction of sp³-hybridized carbons (Fsp3) is 0.302. The van der Waals surface area contributed by atoms with Crippen LogP contribution in [0.4, 0.5) is 0 Å². The zero-order valence-corrected chi connectivity index (χ0v) is 31.1. The molecule has 0 aliphatic carbocycles. The lowest BCUT2D eigenvalue weighted by Gasteiger charge is -2.29. The number of rotatable bonds is 16. The number of ether oxygens (including phenoxy) is 1. The quantitative estimate of drug-likeness (QED) is 0.0412. The van der Waals surface area contributed by atoms with E-state index in [1.807, 2.05) is 60.7 Å². The number of thioether (sulfide) groups is 1. The van der Waals surface area contributed by atoms with E-state index in [4.69, 9.17) is 4.74 Å². The number of imide groups is 1. The lowest BCUT2D eigenvalue weighted by molar-refractivity contribution is -0.137. The highest BCUT2D eigenvalue weighted by Crippen LogP contribution is 2.37. The monoisotopic (exact) mass is 747 g/mol. The second kappa shape index (κ2) is 18.0. The molecule has 0 radical (unpaired) electrons. The number of unbranched alkanes of at least 4 members (excludes halogenated alkanes) is 2. The van der Waals surface area contributed by atoms with Crippen molar-refractivity contribution in [3.63, 3.8) is 0 Å². The van der Waals surface area contributed by atoms with E-state index in [1.165, 1.54) is 0 Å². The molecule has 1 unspecified atom stereocenters. The number of phenolic OH excluding ortho intramolecular Hbond substituents is 2. The number of hydrogen-bond acceptors (Lipinski definition) is 8. The van der Waals surface area contributed by atoms with E-state index in [0.717, 1.165) is 69.7 Å². The molecule has 280 valence electrons. The predicted molar refractivity (Wildman–Crippen MR) is 209 cm³/mol. The van der Waals surface area contributed by atoms with Crippen LogP contribution in [0.5, 0.6) is 17.2 Å². The Morgan fingerprint density at radius 1 is 0.870 bits per heavy atom. The molecule has 4 N–H and O–H groups in total. The molecule has 0 spiro atoms. The second-order valence-corrected chi connectivity index (χ2v) is 14.5. The summed E-state index contributed by atoms with van der Waals surface area (Å²) in [6.07, 6.45) is 4.34. The Balaban J connectivity index is 0.921. The zero-order chi connectivity index (χ0) is 38.0. The lowest BCUT2D eigenvalue weighted by Crippen LogP contribution is -2.52. The van der Waals surface area contributed by atoms with Gasteiger partial charge in [0.2, 0.25) is 17.7 Å². The first kappa shape index (κ1) is 38.2. The van der Waals surface area contributed by atoms with Gasteiger partial charge in [-0.3, -0.25) is 24.5 Å². The van der Waals surface area contributed by atoms with Crippen LogP contribution in [-0.4, -0.2) is 63.7 Å². The van der Waals surface area contributed by atoms with E-state index < -0.39 is 11.9 Å². The Morgan fingerprint density at radius 2 is 1.54 bits per heavy atom. The van der Waals surface area contributed by atoms with Gasteiger partial charge in [0.1, 0.15) is 29.9 Å². The number of nitrogens with one attached hydrogen (secondary N) is 2. The Labute approximate surface area is 319 Å². The minimum atomic E-state index is -0.627. The summed E-state index contributed by atoms with van der Waals surface area (Å²) in [5, 5.41) is 25.0. The average molecular weight is 748 g/mol. The lowest BCUT2D eigenvalue weighted by atomic mass is 9.88. The van der Waals surface area contributed by atoms with Gasteiger partial charge in [-0.25, -0.2) is 0 Å². The van der Waals surface area contributed by atoms with Gasteiger partial charge in [0.25, 0.3) is 5.91 Å². The van der Waals surface area contributed by atoms with E-state index >= 15 is 0 Å². The maximum Gasteiger partial charge on any atom is 0.255 e. The molecule has 4 amide bonds. The minimum Gasteiger partial charge on any atom is -0.508 e. The standard InChI is InChI=1S/C43H45N3O7S/c1-2-34(28-10-16-31(47)17-11-28)41(29-12-18-32(48)19-13-29)30-14-20-33(21-15-30)53-25-24-44-39(49)9-4-3-5-26-54-38-8-6-7-35-36(38)27-46(43(35)52)37-22-23-40(50)45-42(37)51/h6-8,10-21,37,47-48H,2-5,9,22-27H2,1H3,(H,44,49)(H,45,50,51)/b41-34-. The molecular weight excluding hydrogens is 703 g/mol. The molecule has 4 aromatic carbocycles. The van der Waals surface area contributed by atoms with Gasteiger partial charge in [-0.05, 0) is 113 Å². The third-order valence-electron chi connectivity index (χ3n) is 9.71. The number of carbonyl (C=O) groups is 4. The number of allylic oxidation sites excluding steroid dienone is 1. The van der Waals surface area contributed by atoms with Crippen LogP contribution in [-0.2, 0) is 20.9 Å². The van der Waals surface area contributed by atoms with Crippen molar-refractivity contribution in [3.8, 4) is 17.2 Å². The number of hydrogen-bond donors (Lipinski definition) is 4. The molecule has 0 saturated carbocycles. The summed E-state index contributed by atoms with van der Waals surface area (Å²) in [7, 11) is 0. The number of aromatic hydroxyl groups is 2. The van der Waals surface area contributed by atoms with Crippen LogP contribution in [0, 0.1) is 0 Å². The summed E-state index contributed by atoms with van der Waals surface area (Å²) in [5.74, 6) is 1.05. The summed E-state index contributed by atoms with van der Waals surface area (Å²) in [6.45, 7) is 3.18. The van der Waals surface area contributed by atoms with Crippen LogP contribution >= 0.6 is 11.8 Å². The molecule has 1 atom stereocenters. The second-order valence-electron chi connectivity index (χ2n) is 13.4. The van der Waals surface area contributed by atoms with Gasteiger partial charge in [-0.2, -0.15) is 0 Å². The highest BCUT2D eigenvalue weighted by Gasteiger charge is 2.39. The highest BCUT2D eigenvalue weighted by molar-refractivity contribution is 7.99. The van der Waals surface area contributed by atoms with E-state index in [-0.39, 0.29) is 35.6 Å². The summed E-state index contributed by atoms with van der Waals surface area (Å²) < 4.78 is 5.93. The van der Waals surface area contributed by atoms with Crippen molar-refractivity contribution in [1.29, 1.82) is 0 Å². The van der Waals surface area contributed by atoms with Gasteiger partial charge in [-0.15, -0.1) is 11.8 Å². The fourth-order valence-electron chi connectivity index (χ4n) is 6.94. The van der Waals surface area contributed by atoms with Crippen LogP contribution in [0.15, 0.2) is 95.9 Å². The van der Waals surface area contributed by atoms with Crippen molar-refractivity contribution in [2.75, 3.05) is 18.9 Å². The van der Waals surface area contributed by atoms with Crippen molar-refractivity contribution in [1.82, 2.24) is 15.5 Å². The molecule has 6 rings (SSSR count). The maximum absolute atomic E-state index is 13.1. The van der Waals surface area contributed by atoms with Gasteiger partial charge in [0.05, 0.1) is 6.54 Å². The molecule has 1 saturated heterocycles. The number of nitrogens with zero attached hydrogens (tertiary/aromatic N) is 1. The number of amides is 4. The van der Waals surface area contributed by atoms with E-state index in [2.05, 4.69) is 17.6 Å². The molecule has 10 nitrogen and oxygen atoms in total. The zero-order valence-electron chi connectivity index (χ0n) is 30.3. The summed E-state index contributed by atoms with van der Waals surface area (Å²) in [6, 6.07) is 27.2. The van der Waals surface area contributed by atoms with Gasteiger partial charge in [0, 0.05) is 29.8 Å². The normalized spacial score (nSPS) is 15.8. The predicted octanol–water partition coefficient (Wildman–Crippen LogP) is 7.08. The first-order valence-electron chi connectivity index (χ1n) is 18.4. The Morgan fingerprint density at radius 3 is 2.20 bits per heavy atom. The molecule has 11 heteroatoms. The van der Waals surface area contributed by atoms with Crippen LogP contribution in [0.2, 0.25) is 0 Å². The number of phenols is 2. The minimum absolute atomic E-state index is 0.0143. The van der Waals surface area contributed by atoms with Crippen LogP contribution in [0.3, 0.4) is 0 Å². The number of benzene rings is 4. The van der Waals surface area contributed by atoms with Crippen molar-refractivity contribution in [2.45, 2.75) is 69.4 Å². The Bertz CT molecular complexity index is 2010. The first-order chi connectivity index (χ1) is 26.2. The molecule has 0 bridgehead atoms. The third-order valence-corrected chi connectivity index (χ3v) is 10.9. The maximum atomic E-state index is 13.1. The number of piperidine rings is 1. The molecule has 0 aromatic heterocycles. The van der Waals surface area contributed by atoms with Gasteiger partial charge in [0.15, 0.2) is 0 Å². The molecular formula is C43H45N3O7S. The number of carbonyl (C=O) groups excluding carboxylic acids is 4. The summed E-state index contributed by atoms with van der Waals surface area (Å²) in [4.78, 5) is 52.1. The van der Waals surface area contributed by atoms with Crippen LogP contribution < -0.4 is 15.4 Å². The molecule has 1 fully saturated rings. The van der Waals surface area contributed by atoms with E-state index in [9.17, 15) is 29.4 Å². The fourth-order valence-corrected chi connectivity index (χ4v) is 8.03. The summed E-state index contributed by atoms with van der Waals surface area (Å²) in [5.41, 5.74) is 6.64. The molecule has 2 aliphatic rings. The van der Waals surface area contributed by atoms with Crippen molar-refractivity contribution in [2.24, 2.45) is 0 Å². The van der Waals surface area contributed by atoms with E-state index in [0.29, 0.717) is 43.9 Å². The topological polar surface area (TPSA) is 145 Å². The largest absolute Gasteiger partial charge is 0.508 e. The van der Waals surface area contributed by atoms with Gasteiger partial charge in [-0.1, -0.05) is 55.8 Å². The van der Waals surface area contributed by atoms with E-state index in [1.54, 1.807) is 47.0 Å². The SMILES string of the molecule is CC/C(=C(\c1ccc(O)cc1)c1ccc(OCCNC(=O)CCCCCSc2cccc3c2CN(C2CCC(=O)NC2=O)C3=O)cc1)c1ccc(O)cc1. The molecule has 54 heavy (non-hydrogen) atoms. The first-order valence-corrected chi connectivity index (χ1v) is 19.4. The van der Waals surface area contributed by atoms with Crippen molar-refractivity contribution >= 4 is 46.5 Å². The van der Waals surface area contributed by atoms with Crippen molar-refractivity contribution in [3.05, 3.63) is 119 Å². The Kier molecular flexibility index (Phi) is 12.7.